The number of anilines is 1. The third kappa shape index (κ3) is 1.94. The third-order valence-corrected chi connectivity index (χ3v) is 3.37. The molecule has 1 aromatic carbocycles. The predicted molar refractivity (Wildman–Crippen MR) is 69.7 cm³/mol. The lowest BCUT2D eigenvalue weighted by Crippen LogP contribution is -1.83. The van der Waals surface area contributed by atoms with E-state index in [0.29, 0.717) is 0 Å². The van der Waals surface area contributed by atoms with Gasteiger partial charge in [0.05, 0.1) is 18.2 Å². The minimum atomic E-state index is 0.764. The number of rotatable bonds is 2. The molecule has 3 rings (SSSR count). The van der Waals surface area contributed by atoms with Crippen molar-refractivity contribution in [3.63, 3.8) is 0 Å². The van der Waals surface area contributed by atoms with E-state index in [0.717, 1.165) is 27.5 Å². The average molecular weight is 242 g/mol. The Morgan fingerprint density at radius 1 is 1.06 bits per heavy atom. The molecule has 2 aromatic heterocycles. The lowest BCUT2D eigenvalue weighted by Gasteiger charge is -1.96. The van der Waals surface area contributed by atoms with E-state index in [4.69, 9.17) is 10.2 Å². The van der Waals surface area contributed by atoms with E-state index in [-0.39, 0.29) is 0 Å². The van der Waals surface area contributed by atoms with E-state index in [1.54, 1.807) is 23.9 Å². The molecule has 0 fully saturated rings. The zero-order valence-electron chi connectivity index (χ0n) is 8.96. The van der Waals surface area contributed by atoms with Gasteiger partial charge in [-0.05, 0) is 30.3 Å². The molecule has 0 bridgehead atoms. The molecule has 0 saturated heterocycles. The van der Waals surface area contributed by atoms with Gasteiger partial charge in [-0.15, -0.1) is 11.3 Å². The van der Waals surface area contributed by atoms with Crippen LogP contribution in [0.4, 0.5) is 5.69 Å². The summed E-state index contributed by atoms with van der Waals surface area (Å²) in [6.07, 6.45) is 3.35. The smallest absolute Gasteiger partial charge is 0.124 e. The lowest BCUT2D eigenvalue weighted by atomic mass is 10.2. The summed E-state index contributed by atoms with van der Waals surface area (Å²) in [6, 6.07) is 9.63. The second-order valence-electron chi connectivity index (χ2n) is 3.67. The zero-order valence-corrected chi connectivity index (χ0v) is 9.78. The van der Waals surface area contributed by atoms with Gasteiger partial charge < -0.3 is 10.2 Å². The van der Waals surface area contributed by atoms with Gasteiger partial charge in [0.2, 0.25) is 0 Å². The number of nitrogens with two attached hydrogens (primary N) is 1. The molecule has 2 N–H and O–H groups in total. The number of nitrogen functional groups attached to an aromatic ring is 1. The van der Waals surface area contributed by atoms with Gasteiger partial charge in [0.1, 0.15) is 5.01 Å². The van der Waals surface area contributed by atoms with Gasteiger partial charge >= 0.3 is 0 Å². The Hall–Kier alpha value is -2.07. The molecule has 0 radical (unpaired) electrons. The Morgan fingerprint density at radius 2 is 1.88 bits per heavy atom. The topological polar surface area (TPSA) is 52.0 Å². The van der Waals surface area contributed by atoms with Crippen LogP contribution >= 0.6 is 11.3 Å². The summed E-state index contributed by atoms with van der Waals surface area (Å²) in [5.41, 5.74) is 9.45. The van der Waals surface area contributed by atoms with Crippen LogP contribution < -0.4 is 5.73 Å². The highest BCUT2D eigenvalue weighted by Gasteiger charge is 2.07. The summed E-state index contributed by atoms with van der Waals surface area (Å²) >= 11 is 1.61. The first-order valence-electron chi connectivity index (χ1n) is 5.17. The van der Waals surface area contributed by atoms with Gasteiger partial charge in [0.15, 0.2) is 0 Å². The first-order valence-corrected chi connectivity index (χ1v) is 6.05. The Kier molecular flexibility index (Phi) is 2.42. The highest BCUT2D eigenvalue weighted by molar-refractivity contribution is 7.13. The number of nitrogens with zero attached hydrogens (tertiary/aromatic N) is 1. The van der Waals surface area contributed by atoms with E-state index in [1.807, 2.05) is 35.7 Å². The van der Waals surface area contributed by atoms with Crippen molar-refractivity contribution in [2.24, 2.45) is 0 Å². The van der Waals surface area contributed by atoms with Gasteiger partial charge in [-0.3, -0.25) is 0 Å². The van der Waals surface area contributed by atoms with Crippen LogP contribution in [0.3, 0.4) is 0 Å². The molecule has 17 heavy (non-hydrogen) atoms. The second-order valence-corrected chi connectivity index (χ2v) is 4.53. The maximum Gasteiger partial charge on any atom is 0.124 e. The predicted octanol–water partition coefficient (Wildman–Crippen LogP) is 3.65. The first kappa shape index (κ1) is 10.1. The van der Waals surface area contributed by atoms with E-state index in [2.05, 4.69) is 4.98 Å². The van der Waals surface area contributed by atoms with E-state index < -0.39 is 0 Å². The van der Waals surface area contributed by atoms with Crippen molar-refractivity contribution in [2.45, 2.75) is 0 Å². The fourth-order valence-electron chi connectivity index (χ4n) is 1.57. The van der Waals surface area contributed by atoms with E-state index >= 15 is 0 Å². The Bertz CT molecular complexity index is 611. The van der Waals surface area contributed by atoms with Crippen molar-refractivity contribution in [2.75, 3.05) is 5.73 Å². The Balaban J connectivity index is 1.98. The zero-order chi connectivity index (χ0) is 11.7. The second kappa shape index (κ2) is 4.07. The third-order valence-electron chi connectivity index (χ3n) is 2.48. The molecule has 3 aromatic rings. The molecule has 0 amide bonds. The number of furan rings is 1. The molecule has 0 saturated carbocycles. The molecular weight excluding hydrogens is 232 g/mol. The van der Waals surface area contributed by atoms with Crippen LogP contribution in [0, 0.1) is 0 Å². The van der Waals surface area contributed by atoms with Crippen molar-refractivity contribution in [3.8, 4) is 21.8 Å². The van der Waals surface area contributed by atoms with Crippen LogP contribution in [0.5, 0.6) is 0 Å². The fourth-order valence-corrected chi connectivity index (χ4v) is 2.41. The van der Waals surface area contributed by atoms with Crippen LogP contribution in [0.2, 0.25) is 0 Å². The summed E-state index contributed by atoms with van der Waals surface area (Å²) in [5.74, 6) is 0. The van der Waals surface area contributed by atoms with E-state index in [1.165, 1.54) is 0 Å². The summed E-state index contributed by atoms with van der Waals surface area (Å²) in [5, 5.41) is 3.01. The van der Waals surface area contributed by atoms with Gasteiger partial charge in [-0.2, -0.15) is 0 Å². The molecule has 0 unspecified atom stereocenters. The number of hydrogen-bond acceptors (Lipinski definition) is 4. The monoisotopic (exact) mass is 242 g/mol. The highest BCUT2D eigenvalue weighted by Crippen LogP contribution is 2.29. The number of aromatic nitrogens is 1. The number of hydrogen-bond donors (Lipinski definition) is 1. The quantitative estimate of drug-likeness (QED) is 0.698. The number of thiazole rings is 1. The summed E-state index contributed by atoms with van der Waals surface area (Å²) < 4.78 is 5.05. The van der Waals surface area contributed by atoms with Gasteiger partial charge in [0, 0.05) is 22.2 Å². The molecule has 0 spiro atoms. The summed E-state index contributed by atoms with van der Waals surface area (Å²) in [6.45, 7) is 0. The standard InChI is InChI=1S/C13H10N2OS/c14-11-3-1-9(2-4-11)13-15-12(8-17-13)10-5-6-16-7-10/h1-8H,14H2. The summed E-state index contributed by atoms with van der Waals surface area (Å²) in [4.78, 5) is 4.57. The van der Waals surface area contributed by atoms with Gasteiger partial charge in [-0.25, -0.2) is 4.98 Å². The maximum atomic E-state index is 5.66. The van der Waals surface area contributed by atoms with Gasteiger partial charge in [0.25, 0.3) is 0 Å². The van der Waals surface area contributed by atoms with Gasteiger partial charge in [-0.1, -0.05) is 0 Å². The highest BCUT2D eigenvalue weighted by atomic mass is 32.1. The first-order chi connectivity index (χ1) is 8.33. The maximum absolute atomic E-state index is 5.66. The molecule has 3 nitrogen and oxygen atoms in total. The average Bonchev–Trinajstić information content (AvgIpc) is 3.00. The van der Waals surface area contributed by atoms with Crippen molar-refractivity contribution in [1.82, 2.24) is 4.98 Å². The lowest BCUT2D eigenvalue weighted by molar-refractivity contribution is 0.568. The van der Waals surface area contributed by atoms with Crippen LogP contribution in [0.25, 0.3) is 21.8 Å². The molecule has 0 aliphatic heterocycles. The van der Waals surface area contributed by atoms with E-state index in [9.17, 15) is 0 Å². The fraction of sp³-hybridized carbons (Fsp3) is 0. The van der Waals surface area contributed by atoms with Crippen molar-refractivity contribution in [1.29, 1.82) is 0 Å². The molecule has 0 aliphatic carbocycles. The minimum Gasteiger partial charge on any atom is -0.472 e. The normalized spacial score (nSPS) is 10.6. The summed E-state index contributed by atoms with van der Waals surface area (Å²) in [7, 11) is 0. The molecule has 0 aliphatic rings. The molecule has 4 heteroatoms. The van der Waals surface area contributed by atoms with Crippen molar-refractivity contribution >= 4 is 17.0 Å². The molecular formula is C13H10N2OS. The Labute approximate surface area is 103 Å². The van der Waals surface area contributed by atoms with Crippen LogP contribution in [-0.2, 0) is 0 Å². The molecule has 2 heterocycles. The molecule has 84 valence electrons. The van der Waals surface area contributed by atoms with Crippen LogP contribution in [-0.4, -0.2) is 4.98 Å². The molecule has 0 atom stereocenters. The minimum absolute atomic E-state index is 0.764. The van der Waals surface area contributed by atoms with Crippen LogP contribution in [0.15, 0.2) is 52.7 Å². The SMILES string of the molecule is Nc1ccc(-c2nc(-c3ccoc3)cs2)cc1. The van der Waals surface area contributed by atoms with Crippen molar-refractivity contribution in [3.05, 3.63) is 48.2 Å². The largest absolute Gasteiger partial charge is 0.472 e. The Morgan fingerprint density at radius 3 is 2.59 bits per heavy atom. The number of benzene rings is 1. The van der Waals surface area contributed by atoms with Crippen molar-refractivity contribution < 1.29 is 4.42 Å². The van der Waals surface area contributed by atoms with Crippen LogP contribution in [0.1, 0.15) is 0 Å².